The zero-order valence-electron chi connectivity index (χ0n) is 10.4. The van der Waals surface area contributed by atoms with E-state index >= 15 is 0 Å². The Labute approximate surface area is 124 Å². The number of fused-ring (bicyclic) bond motifs is 4. The molecule has 0 radical (unpaired) electrons. The van der Waals surface area contributed by atoms with E-state index in [1.165, 1.54) is 0 Å². The first kappa shape index (κ1) is 11.7. The van der Waals surface area contributed by atoms with Crippen LogP contribution in [-0.2, 0) is 15.3 Å². The number of rotatable bonds is 0. The Balaban J connectivity index is 2.03. The van der Waals surface area contributed by atoms with Crippen molar-refractivity contribution < 1.29 is 14.3 Å². The highest BCUT2D eigenvalue weighted by atomic mass is 79.9. The Bertz CT molecular complexity index is 781. The molecule has 0 saturated heterocycles. The second-order valence-electron chi connectivity index (χ2n) is 4.77. The number of hydrogen-bond donors (Lipinski definition) is 0. The van der Waals surface area contributed by atoms with Gasteiger partial charge in [0.05, 0.1) is 16.7 Å². The summed E-state index contributed by atoms with van der Waals surface area (Å²) in [7, 11) is 0. The van der Waals surface area contributed by atoms with E-state index in [2.05, 4.69) is 22.5 Å². The van der Waals surface area contributed by atoms with Crippen molar-refractivity contribution in [2.45, 2.75) is 5.79 Å². The highest BCUT2D eigenvalue weighted by Crippen LogP contribution is 2.52. The lowest BCUT2D eigenvalue weighted by molar-refractivity contribution is -0.116. The van der Waals surface area contributed by atoms with Gasteiger partial charge in [-0.25, -0.2) is 4.79 Å². The van der Waals surface area contributed by atoms with Crippen molar-refractivity contribution in [2.24, 2.45) is 0 Å². The maximum absolute atomic E-state index is 12.1. The Kier molecular flexibility index (Phi) is 2.19. The Morgan fingerprint density at radius 2 is 1.75 bits per heavy atom. The first-order valence-electron chi connectivity index (χ1n) is 6.13. The summed E-state index contributed by atoms with van der Waals surface area (Å²) in [5.74, 6) is -1.05. The van der Waals surface area contributed by atoms with Gasteiger partial charge in [0, 0.05) is 10.0 Å². The second kappa shape index (κ2) is 3.73. The van der Waals surface area contributed by atoms with Crippen LogP contribution in [0, 0.1) is 0 Å². The van der Waals surface area contributed by atoms with E-state index in [1.807, 2.05) is 36.4 Å². The zero-order chi connectivity index (χ0) is 13.9. The summed E-state index contributed by atoms with van der Waals surface area (Å²) in [5.41, 5.74) is 2.93. The molecule has 1 atom stereocenters. The minimum Gasteiger partial charge on any atom is -0.444 e. The van der Waals surface area contributed by atoms with E-state index in [4.69, 9.17) is 9.47 Å². The Morgan fingerprint density at radius 3 is 2.60 bits per heavy atom. The smallest absolute Gasteiger partial charge is 0.342 e. The van der Waals surface area contributed by atoms with Crippen molar-refractivity contribution in [3.8, 4) is 0 Å². The number of carbonyl (C=O) groups excluding carboxylic acids is 1. The minimum absolute atomic E-state index is 0.371. The van der Waals surface area contributed by atoms with Gasteiger partial charge in [0.1, 0.15) is 5.76 Å². The maximum atomic E-state index is 12.1. The minimum atomic E-state index is -1.18. The fourth-order valence-corrected chi connectivity index (χ4v) is 3.14. The zero-order valence-corrected chi connectivity index (χ0v) is 11.9. The number of halogens is 1. The summed E-state index contributed by atoms with van der Waals surface area (Å²) < 4.78 is 12.4. The molecule has 0 aromatic heterocycles. The maximum Gasteiger partial charge on any atom is 0.342 e. The van der Waals surface area contributed by atoms with Crippen LogP contribution in [0.2, 0.25) is 0 Å². The van der Waals surface area contributed by atoms with Gasteiger partial charge in [-0.2, -0.15) is 0 Å². The summed E-state index contributed by atoms with van der Waals surface area (Å²) in [4.78, 5) is 12.1. The molecular weight excluding hydrogens is 320 g/mol. The number of ether oxygens (including phenoxy) is 2. The lowest BCUT2D eigenvalue weighted by atomic mass is 9.94. The van der Waals surface area contributed by atoms with Gasteiger partial charge in [-0.1, -0.05) is 34.6 Å². The standard InChI is InChI=1S/C16H9BrO3/c1-9-12-8-10(17)6-7-14(12)16(19-9)13-5-3-2-4-11(13)15(18)20-16/h2-8H,1H2. The van der Waals surface area contributed by atoms with Crippen molar-refractivity contribution in [1.82, 2.24) is 0 Å². The monoisotopic (exact) mass is 328 g/mol. The summed E-state index contributed by atoms with van der Waals surface area (Å²) in [6, 6.07) is 13.0. The largest absolute Gasteiger partial charge is 0.444 e. The molecule has 2 aromatic rings. The van der Waals surface area contributed by atoms with Gasteiger partial charge in [0.2, 0.25) is 0 Å². The molecule has 0 N–H and O–H groups in total. The average Bonchev–Trinajstić information content (AvgIpc) is 2.87. The SMILES string of the molecule is C=C1OC2(OC(=O)c3ccccc32)c2ccc(Br)cc21. The van der Waals surface area contributed by atoms with Crippen LogP contribution in [0.1, 0.15) is 27.0 Å². The molecule has 0 fully saturated rings. The van der Waals surface area contributed by atoms with Crippen molar-refractivity contribution in [1.29, 1.82) is 0 Å². The molecule has 1 spiro atoms. The number of esters is 1. The highest BCUT2D eigenvalue weighted by molar-refractivity contribution is 9.10. The third-order valence-corrected chi connectivity index (χ3v) is 4.13. The second-order valence-corrected chi connectivity index (χ2v) is 5.68. The predicted octanol–water partition coefficient (Wildman–Crippen LogP) is 3.82. The molecule has 20 heavy (non-hydrogen) atoms. The average molecular weight is 329 g/mol. The molecule has 2 aromatic carbocycles. The number of benzene rings is 2. The molecule has 4 heteroatoms. The fraction of sp³-hybridized carbons (Fsp3) is 0.0625. The lowest BCUT2D eigenvalue weighted by Crippen LogP contribution is -2.26. The lowest BCUT2D eigenvalue weighted by Gasteiger charge is -2.23. The van der Waals surface area contributed by atoms with Crippen molar-refractivity contribution in [3.05, 3.63) is 75.8 Å². The van der Waals surface area contributed by atoms with E-state index in [-0.39, 0.29) is 5.97 Å². The van der Waals surface area contributed by atoms with E-state index in [1.54, 1.807) is 6.07 Å². The number of hydrogen-bond acceptors (Lipinski definition) is 3. The molecule has 2 heterocycles. The third-order valence-electron chi connectivity index (χ3n) is 3.64. The van der Waals surface area contributed by atoms with E-state index < -0.39 is 5.79 Å². The predicted molar refractivity (Wildman–Crippen MR) is 76.9 cm³/mol. The van der Waals surface area contributed by atoms with Gasteiger partial charge in [0.25, 0.3) is 0 Å². The summed E-state index contributed by atoms with van der Waals surface area (Å²) in [6.45, 7) is 3.92. The van der Waals surface area contributed by atoms with Gasteiger partial charge < -0.3 is 9.47 Å². The Morgan fingerprint density at radius 1 is 1.00 bits per heavy atom. The highest BCUT2D eigenvalue weighted by Gasteiger charge is 2.54. The molecular formula is C16H9BrO3. The van der Waals surface area contributed by atoms with Crippen LogP contribution in [0.5, 0.6) is 0 Å². The summed E-state index contributed by atoms with van der Waals surface area (Å²) in [5, 5.41) is 0. The quantitative estimate of drug-likeness (QED) is 0.689. The molecule has 2 aliphatic heterocycles. The normalized spacial score (nSPS) is 22.4. The van der Waals surface area contributed by atoms with Gasteiger partial charge in [0.15, 0.2) is 0 Å². The van der Waals surface area contributed by atoms with Crippen LogP contribution < -0.4 is 0 Å². The van der Waals surface area contributed by atoms with E-state index in [0.29, 0.717) is 11.3 Å². The van der Waals surface area contributed by atoms with Gasteiger partial charge in [-0.15, -0.1) is 0 Å². The van der Waals surface area contributed by atoms with Crippen LogP contribution in [0.4, 0.5) is 0 Å². The van der Waals surface area contributed by atoms with Gasteiger partial charge in [-0.3, -0.25) is 0 Å². The molecule has 0 amide bonds. The molecule has 0 aliphatic carbocycles. The van der Waals surface area contributed by atoms with E-state index in [9.17, 15) is 4.79 Å². The third kappa shape index (κ3) is 1.32. The van der Waals surface area contributed by atoms with Crippen LogP contribution in [-0.4, -0.2) is 5.97 Å². The van der Waals surface area contributed by atoms with E-state index in [0.717, 1.165) is 21.2 Å². The van der Waals surface area contributed by atoms with Crippen molar-refractivity contribution >= 4 is 27.7 Å². The van der Waals surface area contributed by atoms with Crippen LogP contribution in [0.3, 0.4) is 0 Å². The molecule has 4 rings (SSSR count). The van der Waals surface area contributed by atoms with Crippen LogP contribution in [0.25, 0.3) is 5.76 Å². The van der Waals surface area contributed by atoms with Crippen molar-refractivity contribution in [2.75, 3.05) is 0 Å². The van der Waals surface area contributed by atoms with Gasteiger partial charge >= 0.3 is 11.8 Å². The van der Waals surface area contributed by atoms with Crippen LogP contribution in [0.15, 0.2) is 53.5 Å². The molecule has 0 bridgehead atoms. The van der Waals surface area contributed by atoms with Crippen molar-refractivity contribution in [3.63, 3.8) is 0 Å². The molecule has 2 aliphatic rings. The number of carbonyl (C=O) groups is 1. The van der Waals surface area contributed by atoms with Crippen LogP contribution >= 0.6 is 15.9 Å². The first-order chi connectivity index (χ1) is 9.62. The molecule has 3 nitrogen and oxygen atoms in total. The molecule has 1 unspecified atom stereocenters. The Hall–Kier alpha value is -2.07. The van der Waals surface area contributed by atoms with Gasteiger partial charge in [-0.05, 0) is 30.3 Å². The topological polar surface area (TPSA) is 35.5 Å². The molecule has 0 saturated carbocycles. The summed E-state index contributed by atoms with van der Waals surface area (Å²) >= 11 is 3.43. The summed E-state index contributed by atoms with van der Waals surface area (Å²) in [6.07, 6.45) is 0. The molecule has 98 valence electrons. The fourth-order valence-electron chi connectivity index (χ4n) is 2.78. The first-order valence-corrected chi connectivity index (χ1v) is 6.92.